The molecule has 0 radical (unpaired) electrons. The molecule has 0 saturated carbocycles. The molecule has 1 aromatic heterocycles. The molecule has 1 saturated heterocycles. The van der Waals surface area contributed by atoms with Crippen LogP contribution >= 0.6 is 11.6 Å². The number of hydrogen-bond acceptors (Lipinski definition) is 3. The van der Waals surface area contributed by atoms with Gasteiger partial charge in [0.25, 0.3) is 0 Å². The summed E-state index contributed by atoms with van der Waals surface area (Å²) in [5.74, 6) is 0.551. The zero-order valence-electron chi connectivity index (χ0n) is 10.3. The van der Waals surface area contributed by atoms with Crippen molar-refractivity contribution >= 4 is 32.3 Å². The fraction of sp³-hybridized carbons (Fsp3) is 0.385. The Morgan fingerprint density at radius 3 is 3.00 bits per heavy atom. The van der Waals surface area contributed by atoms with Crippen molar-refractivity contribution in [3.63, 3.8) is 0 Å². The molecule has 1 fully saturated rings. The highest BCUT2D eigenvalue weighted by molar-refractivity contribution is 7.91. The van der Waals surface area contributed by atoms with Crippen molar-refractivity contribution in [2.45, 2.75) is 19.0 Å². The maximum atomic E-state index is 11.4. The van der Waals surface area contributed by atoms with Crippen LogP contribution in [-0.2, 0) is 16.4 Å². The molecule has 0 aliphatic carbocycles. The highest BCUT2D eigenvalue weighted by Gasteiger charge is 2.27. The second-order valence-electron chi connectivity index (χ2n) is 4.98. The van der Waals surface area contributed by atoms with Crippen LogP contribution < -0.4 is 5.32 Å². The standard InChI is InChI=1S/C13H15ClN2O2S/c14-10-1-2-12-9(7-16-13(12)5-10)6-15-11-3-4-19(17,18)8-11/h1-2,5,7,11,15-16H,3-4,6,8H2. The minimum Gasteiger partial charge on any atom is -0.361 e. The third kappa shape index (κ3) is 2.78. The zero-order chi connectivity index (χ0) is 13.5. The Morgan fingerprint density at radius 1 is 1.42 bits per heavy atom. The molecule has 3 rings (SSSR count). The van der Waals surface area contributed by atoms with Crippen LogP contribution in [0.2, 0.25) is 5.02 Å². The maximum Gasteiger partial charge on any atom is 0.151 e. The third-order valence-corrected chi connectivity index (χ3v) is 5.55. The number of hydrogen-bond donors (Lipinski definition) is 2. The van der Waals surface area contributed by atoms with Crippen LogP contribution in [-0.4, -0.2) is 30.9 Å². The molecule has 4 nitrogen and oxygen atoms in total. The van der Waals surface area contributed by atoms with E-state index < -0.39 is 9.84 Å². The fourth-order valence-corrected chi connectivity index (χ4v) is 4.40. The summed E-state index contributed by atoms with van der Waals surface area (Å²) in [6.07, 6.45) is 2.65. The smallest absolute Gasteiger partial charge is 0.151 e. The van der Waals surface area contributed by atoms with Crippen LogP contribution in [0.25, 0.3) is 10.9 Å². The Balaban J connectivity index is 1.72. The molecular weight excluding hydrogens is 284 g/mol. The maximum absolute atomic E-state index is 11.4. The van der Waals surface area contributed by atoms with Crippen molar-refractivity contribution in [2.75, 3.05) is 11.5 Å². The molecular formula is C13H15ClN2O2S. The summed E-state index contributed by atoms with van der Waals surface area (Å²) >= 11 is 5.94. The van der Waals surface area contributed by atoms with E-state index >= 15 is 0 Å². The van der Waals surface area contributed by atoms with Crippen molar-refractivity contribution in [1.82, 2.24) is 10.3 Å². The van der Waals surface area contributed by atoms with E-state index in [2.05, 4.69) is 10.3 Å². The largest absolute Gasteiger partial charge is 0.361 e. The van der Waals surface area contributed by atoms with Crippen LogP contribution in [0, 0.1) is 0 Å². The summed E-state index contributed by atoms with van der Waals surface area (Å²) in [5, 5.41) is 5.14. The lowest BCUT2D eigenvalue weighted by Gasteiger charge is -2.09. The minimum atomic E-state index is -2.82. The first kappa shape index (κ1) is 13.0. The molecule has 102 valence electrons. The zero-order valence-corrected chi connectivity index (χ0v) is 11.9. The Bertz CT molecular complexity index is 709. The van der Waals surface area contributed by atoms with E-state index in [1.165, 1.54) is 0 Å². The molecule has 1 unspecified atom stereocenters. The second kappa shape index (κ2) is 4.81. The first-order chi connectivity index (χ1) is 9.03. The van der Waals surface area contributed by atoms with E-state index in [-0.39, 0.29) is 11.8 Å². The van der Waals surface area contributed by atoms with Gasteiger partial charge in [0.2, 0.25) is 0 Å². The molecule has 2 N–H and O–H groups in total. The van der Waals surface area contributed by atoms with E-state index in [1.54, 1.807) is 0 Å². The normalized spacial score (nSPS) is 22.1. The summed E-state index contributed by atoms with van der Waals surface area (Å²) in [6, 6.07) is 5.81. The fourth-order valence-electron chi connectivity index (χ4n) is 2.52. The molecule has 1 aliphatic heterocycles. The number of fused-ring (bicyclic) bond motifs is 1. The molecule has 1 aliphatic rings. The van der Waals surface area contributed by atoms with E-state index in [0.717, 1.165) is 16.5 Å². The van der Waals surface area contributed by atoms with Gasteiger partial charge in [-0.2, -0.15) is 0 Å². The molecule has 0 amide bonds. The van der Waals surface area contributed by atoms with Crippen molar-refractivity contribution in [2.24, 2.45) is 0 Å². The molecule has 19 heavy (non-hydrogen) atoms. The quantitative estimate of drug-likeness (QED) is 0.912. The lowest BCUT2D eigenvalue weighted by Crippen LogP contribution is -2.29. The predicted octanol–water partition coefficient (Wildman–Crippen LogP) is 2.10. The van der Waals surface area contributed by atoms with Crippen molar-refractivity contribution < 1.29 is 8.42 Å². The summed E-state index contributed by atoms with van der Waals surface area (Å²) in [7, 11) is -2.82. The van der Waals surface area contributed by atoms with Gasteiger partial charge in [-0.05, 0) is 24.1 Å². The van der Waals surface area contributed by atoms with Gasteiger partial charge < -0.3 is 10.3 Å². The van der Waals surface area contributed by atoms with Crippen LogP contribution in [0.15, 0.2) is 24.4 Å². The van der Waals surface area contributed by atoms with Crippen LogP contribution in [0.3, 0.4) is 0 Å². The molecule has 2 aromatic rings. The Morgan fingerprint density at radius 2 is 2.26 bits per heavy atom. The van der Waals surface area contributed by atoms with Gasteiger partial charge in [0.1, 0.15) is 0 Å². The van der Waals surface area contributed by atoms with Crippen LogP contribution in [0.5, 0.6) is 0 Å². The van der Waals surface area contributed by atoms with Gasteiger partial charge in [-0.25, -0.2) is 8.42 Å². The number of benzene rings is 1. The van der Waals surface area contributed by atoms with E-state index in [1.807, 2.05) is 24.4 Å². The van der Waals surface area contributed by atoms with Gasteiger partial charge in [0.05, 0.1) is 11.5 Å². The lowest BCUT2D eigenvalue weighted by molar-refractivity contribution is 0.555. The third-order valence-electron chi connectivity index (χ3n) is 3.54. The number of halogens is 1. The molecule has 6 heteroatoms. The first-order valence-electron chi connectivity index (χ1n) is 6.23. The molecule has 1 aromatic carbocycles. The van der Waals surface area contributed by atoms with Crippen LogP contribution in [0.4, 0.5) is 0 Å². The predicted molar refractivity (Wildman–Crippen MR) is 77.2 cm³/mol. The Kier molecular flexibility index (Phi) is 3.28. The number of sulfone groups is 1. The molecule has 0 bridgehead atoms. The average Bonchev–Trinajstić information content (AvgIpc) is 2.89. The second-order valence-corrected chi connectivity index (χ2v) is 7.65. The summed E-state index contributed by atoms with van der Waals surface area (Å²) in [6.45, 7) is 0.668. The number of aromatic amines is 1. The lowest BCUT2D eigenvalue weighted by atomic mass is 10.1. The van der Waals surface area contributed by atoms with Gasteiger partial charge in [-0.1, -0.05) is 17.7 Å². The molecule has 0 spiro atoms. The van der Waals surface area contributed by atoms with E-state index in [4.69, 9.17) is 11.6 Å². The van der Waals surface area contributed by atoms with Gasteiger partial charge in [0.15, 0.2) is 9.84 Å². The Labute approximate surface area is 117 Å². The summed E-state index contributed by atoms with van der Waals surface area (Å²) < 4.78 is 22.8. The topological polar surface area (TPSA) is 62.0 Å². The van der Waals surface area contributed by atoms with Crippen molar-refractivity contribution in [3.8, 4) is 0 Å². The van der Waals surface area contributed by atoms with Crippen molar-refractivity contribution in [3.05, 3.63) is 35.0 Å². The molecule has 1 atom stereocenters. The first-order valence-corrected chi connectivity index (χ1v) is 8.43. The van der Waals surface area contributed by atoms with Crippen molar-refractivity contribution in [1.29, 1.82) is 0 Å². The summed E-state index contributed by atoms with van der Waals surface area (Å²) in [4.78, 5) is 3.18. The van der Waals surface area contributed by atoms with Gasteiger partial charge in [0, 0.05) is 34.7 Å². The van der Waals surface area contributed by atoms with Crippen LogP contribution in [0.1, 0.15) is 12.0 Å². The van der Waals surface area contributed by atoms with Gasteiger partial charge in [-0.3, -0.25) is 0 Å². The SMILES string of the molecule is O=S1(=O)CCC(NCc2c[nH]c3cc(Cl)ccc23)C1. The Hall–Kier alpha value is -1.04. The number of H-pyrrole nitrogens is 1. The monoisotopic (exact) mass is 298 g/mol. The summed E-state index contributed by atoms with van der Waals surface area (Å²) in [5.41, 5.74) is 2.14. The van der Waals surface area contributed by atoms with E-state index in [0.29, 0.717) is 23.7 Å². The van der Waals surface area contributed by atoms with E-state index in [9.17, 15) is 8.42 Å². The van der Waals surface area contributed by atoms with Gasteiger partial charge in [-0.15, -0.1) is 0 Å². The highest BCUT2D eigenvalue weighted by Crippen LogP contribution is 2.22. The number of rotatable bonds is 3. The minimum absolute atomic E-state index is 0.0715. The highest BCUT2D eigenvalue weighted by atomic mass is 35.5. The number of aromatic nitrogens is 1. The average molecular weight is 299 g/mol. The van der Waals surface area contributed by atoms with Gasteiger partial charge >= 0.3 is 0 Å². The number of nitrogens with one attached hydrogen (secondary N) is 2. The molecule has 2 heterocycles.